The van der Waals surface area contributed by atoms with Crippen molar-refractivity contribution in [1.82, 2.24) is 0 Å². The monoisotopic (exact) mass is 582 g/mol. The van der Waals surface area contributed by atoms with Gasteiger partial charge in [0.05, 0.1) is 24.9 Å². The lowest BCUT2D eigenvalue weighted by Crippen LogP contribution is -2.60. The van der Waals surface area contributed by atoms with Gasteiger partial charge in [-0.3, -0.25) is 0 Å². The van der Waals surface area contributed by atoms with Gasteiger partial charge in [-0.1, -0.05) is 45.4 Å². The zero-order valence-corrected chi connectivity index (χ0v) is 24.9. The molecule has 2 saturated heterocycles. The van der Waals surface area contributed by atoms with Crippen molar-refractivity contribution in [2.45, 2.75) is 134 Å². The first-order chi connectivity index (χ1) is 19.2. The lowest BCUT2D eigenvalue weighted by atomic mass is 9.44. The molecule has 6 N–H and O–H groups in total. The van der Waals surface area contributed by atoms with E-state index >= 15 is 0 Å². The molecule has 0 aromatic carbocycles. The number of ether oxygens (including phenoxy) is 4. The van der Waals surface area contributed by atoms with Crippen LogP contribution in [-0.4, -0.2) is 105 Å². The first-order valence-corrected chi connectivity index (χ1v) is 15.2. The molecule has 3 aliphatic carbocycles. The normalized spacial score (nSPS) is 53.2. The molecule has 0 bridgehead atoms. The number of allylic oxidation sites excluding steroid dienone is 1. The Labute approximate surface area is 242 Å². The van der Waals surface area contributed by atoms with Crippen LogP contribution in [0.15, 0.2) is 24.3 Å². The maximum Gasteiger partial charge on any atom is 0.186 e. The fraction of sp³-hybridized carbons (Fsp3) is 0.871. The number of hydrogen-bond donors (Lipinski definition) is 6. The van der Waals surface area contributed by atoms with Crippen molar-refractivity contribution in [1.29, 1.82) is 0 Å². The highest BCUT2D eigenvalue weighted by atomic mass is 16.7. The predicted octanol–water partition coefficient (Wildman–Crippen LogP) is 1.40. The molecule has 0 aromatic heterocycles. The topological polar surface area (TPSA) is 158 Å². The molecule has 234 valence electrons. The second-order valence-corrected chi connectivity index (χ2v) is 14.2. The highest BCUT2D eigenvalue weighted by Crippen LogP contribution is 2.64. The largest absolute Gasteiger partial charge is 0.394 e. The van der Waals surface area contributed by atoms with Crippen LogP contribution < -0.4 is 0 Å². The molecule has 0 radical (unpaired) electrons. The molecule has 10 heteroatoms. The second-order valence-electron chi connectivity index (χ2n) is 14.2. The summed E-state index contributed by atoms with van der Waals surface area (Å²) in [5.41, 5.74) is 0.545. The third-order valence-electron chi connectivity index (χ3n) is 11.4. The number of aliphatic hydroxyl groups excluding tert-OH is 6. The van der Waals surface area contributed by atoms with Gasteiger partial charge in [0, 0.05) is 5.41 Å². The Balaban J connectivity index is 1.36. The highest BCUT2D eigenvalue weighted by Gasteiger charge is 2.60. The molecule has 2 heterocycles. The average Bonchev–Trinajstić information content (AvgIpc) is 3.20. The summed E-state index contributed by atoms with van der Waals surface area (Å²) >= 11 is 0. The Morgan fingerprint density at radius 2 is 1.54 bits per heavy atom. The van der Waals surface area contributed by atoms with Gasteiger partial charge >= 0.3 is 0 Å². The molecule has 0 spiro atoms. The van der Waals surface area contributed by atoms with Crippen LogP contribution >= 0.6 is 0 Å². The Bertz CT molecular complexity index is 1000. The van der Waals surface area contributed by atoms with Gasteiger partial charge in [-0.2, -0.15) is 0 Å². The average molecular weight is 583 g/mol. The summed E-state index contributed by atoms with van der Waals surface area (Å²) in [4.78, 5) is 0. The lowest BCUT2D eigenvalue weighted by molar-refractivity contribution is -0.312. The molecule has 0 amide bonds. The van der Waals surface area contributed by atoms with E-state index in [2.05, 4.69) is 40.3 Å². The van der Waals surface area contributed by atoms with E-state index in [9.17, 15) is 30.6 Å². The Hall–Kier alpha value is -0.920. The van der Waals surface area contributed by atoms with E-state index < -0.39 is 67.3 Å². The van der Waals surface area contributed by atoms with Crippen molar-refractivity contribution in [3.63, 3.8) is 0 Å². The summed E-state index contributed by atoms with van der Waals surface area (Å²) in [6.07, 6.45) is -2.16. The molecule has 15 atom stereocenters. The van der Waals surface area contributed by atoms with Crippen LogP contribution in [0.5, 0.6) is 0 Å². The standard InChI is InChI=1S/C31H50O10/c1-7-30(5)13-16-8-9-19-29(3,4)20(40-28-25(36)23(34)18(14-32)39-28)10-11-31(19,6)17(16)12-21(30)41-27-26(37)24(35)22(33)15(2)38-27/h7,13,15,17-28,32-37H,1,8-12,14H2,2-6H3/t15-,17-,18+,19-,20-,21-,22+,23+,24+,25-,26-,27+,28+,30-,31-/m1/s1. The molecule has 5 rings (SSSR count). The van der Waals surface area contributed by atoms with Crippen LogP contribution in [0.1, 0.15) is 66.7 Å². The van der Waals surface area contributed by atoms with Crippen molar-refractivity contribution in [2.75, 3.05) is 6.61 Å². The summed E-state index contributed by atoms with van der Waals surface area (Å²) in [7, 11) is 0. The first kappa shape index (κ1) is 31.5. The number of rotatable bonds is 6. The van der Waals surface area contributed by atoms with E-state index in [1.54, 1.807) is 6.92 Å². The fourth-order valence-corrected chi connectivity index (χ4v) is 8.71. The van der Waals surface area contributed by atoms with E-state index in [0.717, 1.165) is 25.7 Å². The lowest BCUT2D eigenvalue weighted by Gasteiger charge is -2.62. The van der Waals surface area contributed by atoms with E-state index in [1.807, 2.05) is 6.08 Å². The third-order valence-corrected chi connectivity index (χ3v) is 11.4. The van der Waals surface area contributed by atoms with Gasteiger partial charge in [-0.05, 0) is 61.7 Å². The summed E-state index contributed by atoms with van der Waals surface area (Å²) in [6.45, 7) is 14.2. The van der Waals surface area contributed by atoms with E-state index in [1.165, 1.54) is 5.57 Å². The Kier molecular flexibility index (Phi) is 8.62. The van der Waals surface area contributed by atoms with Gasteiger partial charge in [0.1, 0.15) is 36.6 Å². The van der Waals surface area contributed by atoms with Crippen molar-refractivity contribution >= 4 is 0 Å². The number of aliphatic hydroxyl groups is 6. The maximum absolute atomic E-state index is 10.7. The minimum atomic E-state index is -1.38. The van der Waals surface area contributed by atoms with Gasteiger partial charge in [-0.25, -0.2) is 0 Å². The van der Waals surface area contributed by atoms with Crippen LogP contribution in [0.4, 0.5) is 0 Å². The van der Waals surface area contributed by atoms with Gasteiger partial charge in [-0.15, -0.1) is 6.58 Å². The number of hydrogen-bond acceptors (Lipinski definition) is 10. The highest BCUT2D eigenvalue weighted by molar-refractivity contribution is 5.29. The molecule has 0 unspecified atom stereocenters. The van der Waals surface area contributed by atoms with Crippen LogP contribution in [0.2, 0.25) is 0 Å². The van der Waals surface area contributed by atoms with Crippen LogP contribution in [0.3, 0.4) is 0 Å². The van der Waals surface area contributed by atoms with Gasteiger partial charge in [0.15, 0.2) is 12.6 Å². The molecule has 10 nitrogen and oxygen atoms in total. The zero-order valence-electron chi connectivity index (χ0n) is 24.9. The quantitative estimate of drug-likeness (QED) is 0.253. The molecule has 2 saturated carbocycles. The van der Waals surface area contributed by atoms with Crippen molar-refractivity contribution in [3.05, 3.63) is 24.3 Å². The summed E-state index contributed by atoms with van der Waals surface area (Å²) in [6, 6.07) is 0. The minimum absolute atomic E-state index is 0.0745. The Morgan fingerprint density at radius 1 is 0.902 bits per heavy atom. The van der Waals surface area contributed by atoms with Gasteiger partial charge in [0.2, 0.25) is 0 Å². The molecule has 0 aromatic rings. The minimum Gasteiger partial charge on any atom is -0.394 e. The second kappa shape index (κ2) is 11.2. The third kappa shape index (κ3) is 5.16. The van der Waals surface area contributed by atoms with E-state index in [0.29, 0.717) is 6.42 Å². The van der Waals surface area contributed by atoms with Crippen LogP contribution in [0.25, 0.3) is 0 Å². The predicted molar refractivity (Wildman–Crippen MR) is 148 cm³/mol. The summed E-state index contributed by atoms with van der Waals surface area (Å²) in [5.74, 6) is 0.498. The van der Waals surface area contributed by atoms with Crippen molar-refractivity contribution < 1.29 is 49.6 Å². The molecular weight excluding hydrogens is 532 g/mol. The SMILES string of the molecule is C=C[C@]1(C)C=C2CC[C@@H]3C(C)(C)[C@H](O[C@@H]4O[C@@H](CO)[C@H](O)[C@H]4O)CC[C@]3(C)[C@@H]2C[C@H]1O[C@@H]1O[C@H](C)[C@H](O)[C@H](O)[C@H]1O. The number of fused-ring (bicyclic) bond motifs is 3. The summed E-state index contributed by atoms with van der Waals surface area (Å²) in [5, 5.41) is 61.4. The van der Waals surface area contributed by atoms with Crippen molar-refractivity contribution in [2.24, 2.45) is 28.1 Å². The molecule has 2 aliphatic heterocycles. The van der Waals surface area contributed by atoms with E-state index in [4.69, 9.17) is 18.9 Å². The Morgan fingerprint density at radius 3 is 2.17 bits per heavy atom. The van der Waals surface area contributed by atoms with Crippen molar-refractivity contribution in [3.8, 4) is 0 Å². The maximum atomic E-state index is 10.7. The van der Waals surface area contributed by atoms with Gasteiger partial charge < -0.3 is 49.6 Å². The zero-order chi connectivity index (χ0) is 30.1. The molecule has 41 heavy (non-hydrogen) atoms. The summed E-state index contributed by atoms with van der Waals surface area (Å²) < 4.78 is 24.3. The van der Waals surface area contributed by atoms with Crippen LogP contribution in [0, 0.1) is 28.1 Å². The fourth-order valence-electron chi connectivity index (χ4n) is 8.71. The van der Waals surface area contributed by atoms with Gasteiger partial charge in [0.25, 0.3) is 0 Å². The smallest absolute Gasteiger partial charge is 0.186 e. The van der Waals surface area contributed by atoms with E-state index in [-0.39, 0.29) is 34.9 Å². The molecular formula is C31H50O10. The molecule has 5 aliphatic rings. The van der Waals surface area contributed by atoms with Crippen LogP contribution in [-0.2, 0) is 18.9 Å². The first-order valence-electron chi connectivity index (χ1n) is 15.2. The molecule has 4 fully saturated rings.